The van der Waals surface area contributed by atoms with Crippen LogP contribution in [-0.2, 0) is 0 Å². The number of hydrogen-bond acceptors (Lipinski definition) is 0. The van der Waals surface area contributed by atoms with Gasteiger partial charge in [0.05, 0.1) is 12.6 Å². The number of quaternary nitrogens is 2. The number of hydrogen-bond donors (Lipinski definition) is 2. The van der Waals surface area contributed by atoms with E-state index in [-0.39, 0.29) is 0 Å². The van der Waals surface area contributed by atoms with Crippen LogP contribution in [0.2, 0.25) is 0 Å². The fraction of sp³-hybridized carbons (Fsp3) is 0.600. The zero-order valence-corrected chi connectivity index (χ0v) is 14.1. The van der Waals surface area contributed by atoms with Gasteiger partial charge >= 0.3 is 0 Å². The minimum atomic E-state index is 0.963. The molecule has 1 saturated carbocycles. The molecule has 2 aliphatic rings. The molecule has 120 valence electrons. The smallest absolute Gasteiger partial charge is 0.127 e. The van der Waals surface area contributed by atoms with Crippen LogP contribution in [0.1, 0.15) is 38.2 Å². The molecule has 0 radical (unpaired) electrons. The highest BCUT2D eigenvalue weighted by Gasteiger charge is 2.31. The standard InChI is InChI=1S/C20H30N2/c1-18-7-5-11-20(17-18)22-15-13-21(14-16-22)12-6-10-19-8-3-2-4-9-19/h2-4,6,8-10,18,20H,5,7,11-17H2,1H3/p+2/t18-,20+/m1/s1. The highest BCUT2D eigenvalue weighted by molar-refractivity contribution is 5.48. The van der Waals surface area contributed by atoms with Crippen LogP contribution in [-0.4, -0.2) is 38.8 Å². The normalized spacial score (nSPS) is 33.1. The molecule has 1 saturated heterocycles. The molecule has 1 aromatic rings. The van der Waals surface area contributed by atoms with Crippen LogP contribution < -0.4 is 9.80 Å². The van der Waals surface area contributed by atoms with Crippen molar-refractivity contribution in [2.24, 2.45) is 5.92 Å². The second-order valence-electron chi connectivity index (χ2n) is 7.39. The van der Waals surface area contributed by atoms with Gasteiger partial charge in [0.1, 0.15) is 26.2 Å². The average Bonchev–Trinajstić information content (AvgIpc) is 2.56. The van der Waals surface area contributed by atoms with Gasteiger partial charge in [0.15, 0.2) is 0 Å². The largest absolute Gasteiger partial charge is 0.323 e. The van der Waals surface area contributed by atoms with Crippen molar-refractivity contribution in [2.45, 2.75) is 38.6 Å². The monoisotopic (exact) mass is 300 g/mol. The lowest BCUT2D eigenvalue weighted by molar-refractivity contribution is -1.02. The minimum absolute atomic E-state index is 0.963. The molecule has 1 aromatic carbocycles. The Labute approximate surface area is 135 Å². The van der Waals surface area contributed by atoms with E-state index in [4.69, 9.17) is 0 Å². The van der Waals surface area contributed by atoms with E-state index in [1.54, 1.807) is 4.90 Å². The molecule has 0 bridgehead atoms. The van der Waals surface area contributed by atoms with Gasteiger partial charge < -0.3 is 9.80 Å². The fourth-order valence-electron chi connectivity index (χ4n) is 4.27. The van der Waals surface area contributed by atoms with Crippen LogP contribution in [0.4, 0.5) is 0 Å². The van der Waals surface area contributed by atoms with E-state index in [2.05, 4.69) is 49.4 Å². The molecule has 1 heterocycles. The Balaban J connectivity index is 1.41. The molecule has 1 aliphatic carbocycles. The van der Waals surface area contributed by atoms with Crippen LogP contribution in [0.5, 0.6) is 0 Å². The van der Waals surface area contributed by atoms with Crippen LogP contribution in [0.3, 0.4) is 0 Å². The minimum Gasteiger partial charge on any atom is -0.323 e. The molecule has 2 nitrogen and oxygen atoms in total. The molecule has 3 rings (SSSR count). The van der Waals surface area contributed by atoms with Crippen molar-refractivity contribution >= 4 is 6.08 Å². The lowest BCUT2D eigenvalue weighted by Gasteiger charge is -2.37. The Hall–Kier alpha value is -1.12. The van der Waals surface area contributed by atoms with E-state index in [0.717, 1.165) is 12.0 Å². The third-order valence-corrected chi connectivity index (χ3v) is 5.63. The van der Waals surface area contributed by atoms with Crippen molar-refractivity contribution in [1.82, 2.24) is 0 Å². The summed E-state index contributed by atoms with van der Waals surface area (Å²) in [4.78, 5) is 3.67. The third-order valence-electron chi connectivity index (χ3n) is 5.63. The van der Waals surface area contributed by atoms with Crippen molar-refractivity contribution < 1.29 is 9.80 Å². The maximum atomic E-state index is 2.45. The molecular weight excluding hydrogens is 268 g/mol. The van der Waals surface area contributed by atoms with Gasteiger partial charge in [-0.1, -0.05) is 49.8 Å². The van der Waals surface area contributed by atoms with Gasteiger partial charge in [-0.25, -0.2) is 0 Å². The van der Waals surface area contributed by atoms with Gasteiger partial charge in [-0.05, 0) is 30.4 Å². The Morgan fingerprint density at radius 2 is 1.82 bits per heavy atom. The average molecular weight is 300 g/mol. The molecule has 0 amide bonds. The fourth-order valence-corrected chi connectivity index (χ4v) is 4.27. The molecule has 1 aliphatic heterocycles. The summed E-state index contributed by atoms with van der Waals surface area (Å²) < 4.78 is 0. The topological polar surface area (TPSA) is 8.88 Å². The van der Waals surface area contributed by atoms with E-state index in [1.807, 2.05) is 4.90 Å². The quantitative estimate of drug-likeness (QED) is 0.823. The highest BCUT2D eigenvalue weighted by Crippen LogP contribution is 2.21. The number of piperazine rings is 1. The zero-order valence-electron chi connectivity index (χ0n) is 14.1. The summed E-state index contributed by atoms with van der Waals surface area (Å²) in [7, 11) is 0. The van der Waals surface area contributed by atoms with Crippen molar-refractivity contribution in [1.29, 1.82) is 0 Å². The second-order valence-corrected chi connectivity index (χ2v) is 7.39. The highest BCUT2D eigenvalue weighted by atomic mass is 15.3. The van der Waals surface area contributed by atoms with Gasteiger partial charge in [-0.15, -0.1) is 0 Å². The lowest BCUT2D eigenvalue weighted by atomic mass is 9.86. The maximum absolute atomic E-state index is 2.45. The Morgan fingerprint density at radius 1 is 1.05 bits per heavy atom. The van der Waals surface area contributed by atoms with Crippen molar-refractivity contribution in [3.8, 4) is 0 Å². The van der Waals surface area contributed by atoms with Crippen molar-refractivity contribution in [3.63, 3.8) is 0 Å². The predicted octanol–water partition coefficient (Wildman–Crippen LogP) is 1.06. The Bertz CT molecular complexity index is 460. The first kappa shape index (κ1) is 15.8. The van der Waals surface area contributed by atoms with E-state index >= 15 is 0 Å². The Morgan fingerprint density at radius 3 is 2.55 bits per heavy atom. The summed E-state index contributed by atoms with van der Waals surface area (Å²) >= 11 is 0. The molecule has 0 unspecified atom stereocenters. The zero-order chi connectivity index (χ0) is 15.2. The molecule has 2 heteroatoms. The summed E-state index contributed by atoms with van der Waals surface area (Å²) in [6, 6.07) is 11.6. The molecule has 2 fully saturated rings. The van der Waals surface area contributed by atoms with E-state index in [9.17, 15) is 0 Å². The molecule has 0 aromatic heterocycles. The summed E-state index contributed by atoms with van der Waals surface area (Å²) in [6.07, 6.45) is 10.5. The van der Waals surface area contributed by atoms with Gasteiger partial charge in [0.25, 0.3) is 0 Å². The molecule has 2 atom stereocenters. The first-order valence-electron chi connectivity index (χ1n) is 9.21. The Kier molecular flexibility index (Phi) is 5.69. The number of nitrogens with one attached hydrogen (secondary N) is 2. The number of rotatable bonds is 4. The van der Waals surface area contributed by atoms with E-state index in [1.165, 1.54) is 64.0 Å². The number of benzene rings is 1. The van der Waals surface area contributed by atoms with Crippen LogP contribution in [0, 0.1) is 5.92 Å². The summed E-state index contributed by atoms with van der Waals surface area (Å²) in [6.45, 7) is 9.08. The second kappa shape index (κ2) is 7.94. The molecule has 0 spiro atoms. The first-order chi connectivity index (χ1) is 10.8. The van der Waals surface area contributed by atoms with E-state index in [0.29, 0.717) is 0 Å². The van der Waals surface area contributed by atoms with Crippen molar-refractivity contribution in [2.75, 3.05) is 32.7 Å². The van der Waals surface area contributed by atoms with E-state index < -0.39 is 0 Å². The molecule has 22 heavy (non-hydrogen) atoms. The first-order valence-corrected chi connectivity index (χ1v) is 9.21. The van der Waals surface area contributed by atoms with Gasteiger partial charge in [-0.3, -0.25) is 0 Å². The molecular formula is C20H32N2+2. The van der Waals surface area contributed by atoms with Crippen LogP contribution in [0.25, 0.3) is 6.08 Å². The van der Waals surface area contributed by atoms with Crippen LogP contribution in [0.15, 0.2) is 36.4 Å². The lowest BCUT2D eigenvalue weighted by Crippen LogP contribution is -3.29. The summed E-state index contributed by atoms with van der Waals surface area (Å²) in [5.74, 6) is 0.963. The summed E-state index contributed by atoms with van der Waals surface area (Å²) in [5.41, 5.74) is 1.32. The summed E-state index contributed by atoms with van der Waals surface area (Å²) in [5, 5.41) is 0. The van der Waals surface area contributed by atoms with Gasteiger partial charge in [0, 0.05) is 6.42 Å². The SMILES string of the molecule is C[C@@H]1CCC[C@H]([NH+]2CC[NH+](CC=Cc3ccccc3)CC2)C1. The third kappa shape index (κ3) is 4.44. The predicted molar refractivity (Wildman–Crippen MR) is 93.2 cm³/mol. The van der Waals surface area contributed by atoms with Gasteiger partial charge in [-0.2, -0.15) is 0 Å². The van der Waals surface area contributed by atoms with Gasteiger partial charge in [0.2, 0.25) is 0 Å². The maximum Gasteiger partial charge on any atom is 0.127 e. The molecule has 2 N–H and O–H groups in total. The van der Waals surface area contributed by atoms with Crippen molar-refractivity contribution in [3.05, 3.63) is 42.0 Å². The van der Waals surface area contributed by atoms with Crippen LogP contribution >= 0.6 is 0 Å².